The molecule has 1 aromatic carbocycles. The molecule has 1 aliphatic rings. The summed E-state index contributed by atoms with van der Waals surface area (Å²) in [6.07, 6.45) is 10.2. The van der Waals surface area contributed by atoms with Gasteiger partial charge in [0.25, 0.3) is 0 Å². The fraction of sp³-hybridized carbons (Fsp3) is 0.739. The summed E-state index contributed by atoms with van der Waals surface area (Å²) in [5.74, 6) is 1.22. The predicted molar refractivity (Wildman–Crippen MR) is 106 cm³/mol. The van der Waals surface area contributed by atoms with Crippen LogP contribution in [0.4, 0.5) is 0 Å². The minimum atomic E-state index is -0.229. The van der Waals surface area contributed by atoms with Crippen LogP contribution in [0.5, 0.6) is 5.75 Å². The lowest BCUT2D eigenvalue weighted by Crippen LogP contribution is -2.24. The van der Waals surface area contributed by atoms with E-state index in [2.05, 4.69) is 39.8 Å². The van der Waals surface area contributed by atoms with Crippen molar-refractivity contribution >= 4 is 0 Å². The van der Waals surface area contributed by atoms with E-state index < -0.39 is 0 Å². The third kappa shape index (κ3) is 5.74. The summed E-state index contributed by atoms with van der Waals surface area (Å²) in [6, 6.07) is 6.29. The number of hydrogen-bond donors (Lipinski definition) is 2. The van der Waals surface area contributed by atoms with Gasteiger partial charge in [-0.25, -0.2) is 0 Å². The quantitative estimate of drug-likeness (QED) is 0.543. The number of aliphatic hydroxyl groups is 1. The molecule has 0 aliphatic heterocycles. The van der Waals surface area contributed by atoms with Crippen LogP contribution in [-0.4, -0.2) is 16.3 Å². The van der Waals surface area contributed by atoms with E-state index in [4.69, 9.17) is 0 Å². The highest BCUT2D eigenvalue weighted by Gasteiger charge is 2.29. The van der Waals surface area contributed by atoms with E-state index in [9.17, 15) is 10.2 Å². The second-order valence-electron chi connectivity index (χ2n) is 8.98. The third-order valence-electron chi connectivity index (χ3n) is 6.07. The molecule has 1 saturated carbocycles. The molecule has 3 atom stereocenters. The molecule has 0 amide bonds. The molecule has 0 saturated heterocycles. The van der Waals surface area contributed by atoms with Crippen LogP contribution in [0.15, 0.2) is 18.2 Å². The first-order valence-electron chi connectivity index (χ1n) is 10.3. The minimum absolute atomic E-state index is 0.0988. The van der Waals surface area contributed by atoms with Gasteiger partial charge in [0.2, 0.25) is 0 Å². The van der Waals surface area contributed by atoms with Crippen molar-refractivity contribution in [2.45, 2.75) is 103 Å². The summed E-state index contributed by atoms with van der Waals surface area (Å²) >= 11 is 0. The van der Waals surface area contributed by atoms with Gasteiger partial charge in [-0.05, 0) is 60.1 Å². The lowest BCUT2D eigenvalue weighted by atomic mass is 9.75. The maximum atomic E-state index is 10.6. The first-order chi connectivity index (χ1) is 11.8. The van der Waals surface area contributed by atoms with Gasteiger partial charge in [-0.2, -0.15) is 0 Å². The van der Waals surface area contributed by atoms with Crippen LogP contribution in [0, 0.1) is 5.92 Å². The zero-order chi connectivity index (χ0) is 18.4. The van der Waals surface area contributed by atoms with Crippen molar-refractivity contribution in [3.8, 4) is 5.75 Å². The molecule has 0 bridgehead atoms. The molecule has 1 aliphatic carbocycles. The van der Waals surface area contributed by atoms with Crippen LogP contribution < -0.4 is 0 Å². The molecule has 0 spiro atoms. The lowest BCUT2D eigenvalue weighted by molar-refractivity contribution is 0.0940. The number of aliphatic hydroxyl groups excluding tert-OH is 1. The maximum absolute atomic E-state index is 10.6. The Morgan fingerprint density at radius 2 is 1.76 bits per heavy atom. The summed E-state index contributed by atoms with van der Waals surface area (Å²) in [4.78, 5) is 0. The topological polar surface area (TPSA) is 40.5 Å². The third-order valence-corrected chi connectivity index (χ3v) is 6.07. The van der Waals surface area contributed by atoms with E-state index in [0.29, 0.717) is 11.7 Å². The Labute approximate surface area is 154 Å². The highest BCUT2D eigenvalue weighted by atomic mass is 16.3. The van der Waals surface area contributed by atoms with Crippen molar-refractivity contribution in [2.24, 2.45) is 5.92 Å². The van der Waals surface area contributed by atoms with Crippen LogP contribution in [0.1, 0.15) is 103 Å². The van der Waals surface area contributed by atoms with Crippen molar-refractivity contribution in [1.82, 2.24) is 0 Å². The van der Waals surface area contributed by atoms with E-state index in [0.717, 1.165) is 31.2 Å². The molecule has 0 heterocycles. The Kier molecular flexibility index (Phi) is 7.37. The van der Waals surface area contributed by atoms with Gasteiger partial charge < -0.3 is 10.2 Å². The van der Waals surface area contributed by atoms with Crippen LogP contribution in [0.25, 0.3) is 0 Å². The molecule has 1 aromatic rings. The first-order valence-corrected chi connectivity index (χ1v) is 10.3. The molecule has 2 heteroatoms. The second kappa shape index (κ2) is 9.07. The number of phenolic OH excluding ortho intramolecular Hbond substituents is 1. The number of benzene rings is 1. The van der Waals surface area contributed by atoms with Crippen LogP contribution >= 0.6 is 0 Å². The molecule has 0 aromatic heterocycles. The van der Waals surface area contributed by atoms with Gasteiger partial charge in [0.05, 0.1) is 6.10 Å². The smallest absolute Gasteiger partial charge is 0.119 e. The SMILES string of the molecule is CCCCCCCC(C)(C)c1ccc(C2CC(C)CC(O)C2)c(O)c1. The van der Waals surface area contributed by atoms with Gasteiger partial charge in [0, 0.05) is 0 Å². The summed E-state index contributed by atoms with van der Waals surface area (Å²) in [5, 5.41) is 20.7. The Hall–Kier alpha value is -1.02. The van der Waals surface area contributed by atoms with E-state index in [1.165, 1.54) is 37.7 Å². The molecule has 0 radical (unpaired) electrons. The van der Waals surface area contributed by atoms with Gasteiger partial charge in [-0.1, -0.05) is 71.9 Å². The first kappa shape index (κ1) is 20.3. The Morgan fingerprint density at radius 3 is 2.40 bits per heavy atom. The summed E-state index contributed by atoms with van der Waals surface area (Å²) in [7, 11) is 0. The van der Waals surface area contributed by atoms with Gasteiger partial charge in [-0.3, -0.25) is 0 Å². The average Bonchev–Trinajstić information content (AvgIpc) is 2.53. The Balaban J connectivity index is 2.02. The predicted octanol–water partition coefficient (Wildman–Crippen LogP) is 6.29. The van der Waals surface area contributed by atoms with Crippen molar-refractivity contribution < 1.29 is 10.2 Å². The second-order valence-corrected chi connectivity index (χ2v) is 8.98. The molecule has 1 fully saturated rings. The van der Waals surface area contributed by atoms with Gasteiger partial charge in [0.1, 0.15) is 5.75 Å². The van der Waals surface area contributed by atoms with E-state index in [1.807, 2.05) is 6.07 Å². The fourth-order valence-electron chi connectivity index (χ4n) is 4.45. The fourth-order valence-corrected chi connectivity index (χ4v) is 4.45. The molecule has 3 unspecified atom stereocenters. The van der Waals surface area contributed by atoms with Crippen molar-refractivity contribution in [1.29, 1.82) is 0 Å². The van der Waals surface area contributed by atoms with Gasteiger partial charge in [-0.15, -0.1) is 0 Å². The molecule has 142 valence electrons. The highest BCUT2D eigenvalue weighted by molar-refractivity contribution is 5.41. The average molecular weight is 347 g/mol. The Bertz CT molecular complexity index is 525. The number of phenols is 1. The number of aromatic hydroxyl groups is 1. The minimum Gasteiger partial charge on any atom is -0.508 e. The van der Waals surface area contributed by atoms with Crippen LogP contribution in [-0.2, 0) is 5.41 Å². The normalized spacial score (nSPS) is 24.4. The number of hydrogen-bond acceptors (Lipinski definition) is 2. The zero-order valence-corrected chi connectivity index (χ0v) is 16.7. The summed E-state index contributed by atoms with van der Waals surface area (Å²) in [6.45, 7) is 9.02. The Morgan fingerprint density at radius 1 is 1.04 bits per heavy atom. The number of unbranched alkanes of at least 4 members (excludes halogenated alkanes) is 4. The van der Waals surface area contributed by atoms with Crippen molar-refractivity contribution in [3.05, 3.63) is 29.3 Å². The molecule has 2 nitrogen and oxygen atoms in total. The van der Waals surface area contributed by atoms with Gasteiger partial charge >= 0.3 is 0 Å². The van der Waals surface area contributed by atoms with Crippen LogP contribution in [0.3, 0.4) is 0 Å². The molecular formula is C23H38O2. The largest absolute Gasteiger partial charge is 0.508 e. The van der Waals surface area contributed by atoms with Gasteiger partial charge in [0.15, 0.2) is 0 Å². The van der Waals surface area contributed by atoms with Crippen molar-refractivity contribution in [3.63, 3.8) is 0 Å². The van der Waals surface area contributed by atoms with E-state index in [-0.39, 0.29) is 17.4 Å². The van der Waals surface area contributed by atoms with Crippen LogP contribution in [0.2, 0.25) is 0 Å². The number of rotatable bonds is 8. The monoisotopic (exact) mass is 346 g/mol. The van der Waals surface area contributed by atoms with E-state index in [1.54, 1.807) is 0 Å². The summed E-state index contributed by atoms with van der Waals surface area (Å²) < 4.78 is 0. The molecule has 2 N–H and O–H groups in total. The van der Waals surface area contributed by atoms with Crippen molar-refractivity contribution in [2.75, 3.05) is 0 Å². The molecule has 25 heavy (non-hydrogen) atoms. The standard InChI is InChI=1S/C23H38O2/c1-5-6-7-8-9-12-23(3,4)19-10-11-21(22(25)16-19)18-13-17(2)14-20(24)15-18/h10-11,16-18,20,24-25H,5-9,12-15H2,1-4H3. The summed E-state index contributed by atoms with van der Waals surface area (Å²) in [5.41, 5.74) is 2.35. The maximum Gasteiger partial charge on any atom is 0.119 e. The van der Waals surface area contributed by atoms with E-state index >= 15 is 0 Å². The zero-order valence-electron chi connectivity index (χ0n) is 16.7. The molecule has 2 rings (SSSR count). The molecular weight excluding hydrogens is 308 g/mol. The lowest BCUT2D eigenvalue weighted by Gasteiger charge is -2.32. The highest BCUT2D eigenvalue weighted by Crippen LogP contribution is 2.41.